The van der Waals surface area contributed by atoms with E-state index in [1.54, 1.807) is 6.20 Å². The van der Waals surface area contributed by atoms with Crippen molar-refractivity contribution in [3.05, 3.63) is 58.9 Å². The number of carbonyl (C=O) groups excluding carboxylic acids is 1. The van der Waals surface area contributed by atoms with E-state index in [2.05, 4.69) is 21.7 Å². The molecule has 1 aliphatic rings. The number of nitrogens with one attached hydrogen (secondary N) is 2. The second-order valence-corrected chi connectivity index (χ2v) is 6.98. The Morgan fingerprint density at radius 3 is 2.80 bits per heavy atom. The lowest BCUT2D eigenvalue weighted by Crippen LogP contribution is -2.36. The van der Waals surface area contributed by atoms with Gasteiger partial charge in [0.1, 0.15) is 5.69 Å². The Hall–Kier alpha value is -2.07. The fourth-order valence-electron chi connectivity index (χ4n) is 3.21. The van der Waals surface area contributed by atoms with Gasteiger partial charge in [-0.2, -0.15) is 0 Å². The van der Waals surface area contributed by atoms with Gasteiger partial charge in [-0.05, 0) is 49.1 Å². The second-order valence-electron chi connectivity index (χ2n) is 6.54. The molecule has 2 aromatic rings. The van der Waals surface area contributed by atoms with Gasteiger partial charge in [-0.1, -0.05) is 43.0 Å². The topological polar surface area (TPSA) is 54.0 Å². The number of hydrogen-bond acceptors (Lipinski definition) is 3. The smallest absolute Gasteiger partial charge is 0.270 e. The van der Waals surface area contributed by atoms with Crippen LogP contribution in [0.1, 0.15) is 48.2 Å². The van der Waals surface area contributed by atoms with Crippen LogP contribution < -0.4 is 10.6 Å². The number of benzene rings is 1. The number of carbonyl (C=O) groups is 1. The Balaban J connectivity index is 1.52. The molecule has 1 saturated carbocycles. The maximum atomic E-state index is 12.4. The van der Waals surface area contributed by atoms with Crippen molar-refractivity contribution in [1.82, 2.24) is 10.3 Å². The van der Waals surface area contributed by atoms with Crippen LogP contribution in [-0.2, 0) is 6.42 Å². The number of anilines is 1. The van der Waals surface area contributed by atoms with Gasteiger partial charge in [0.15, 0.2) is 0 Å². The highest BCUT2D eigenvalue weighted by molar-refractivity contribution is 6.30. The molecule has 0 spiro atoms. The molecule has 1 aromatic heterocycles. The van der Waals surface area contributed by atoms with E-state index in [1.165, 1.54) is 24.8 Å². The van der Waals surface area contributed by atoms with Gasteiger partial charge in [-0.25, -0.2) is 0 Å². The van der Waals surface area contributed by atoms with Crippen molar-refractivity contribution in [2.45, 2.75) is 44.6 Å². The van der Waals surface area contributed by atoms with Gasteiger partial charge >= 0.3 is 0 Å². The van der Waals surface area contributed by atoms with Crippen LogP contribution in [0.5, 0.6) is 0 Å². The van der Waals surface area contributed by atoms with Crippen LogP contribution in [0.25, 0.3) is 0 Å². The highest BCUT2D eigenvalue weighted by Gasteiger charge is 2.17. The molecule has 4 nitrogen and oxygen atoms in total. The predicted octanol–water partition coefficient (Wildman–Crippen LogP) is 4.45. The number of rotatable bonds is 6. The minimum absolute atomic E-state index is 0.0783. The van der Waals surface area contributed by atoms with Crippen molar-refractivity contribution in [2.24, 2.45) is 0 Å². The summed E-state index contributed by atoms with van der Waals surface area (Å²) < 4.78 is 0. The second kappa shape index (κ2) is 8.86. The largest absolute Gasteiger partial charge is 0.385 e. The molecule has 132 valence electrons. The minimum Gasteiger partial charge on any atom is -0.385 e. The molecule has 0 saturated heterocycles. The molecule has 3 rings (SSSR count). The third kappa shape index (κ3) is 5.46. The molecule has 1 aromatic carbocycles. The average Bonchev–Trinajstić information content (AvgIpc) is 2.63. The predicted molar refractivity (Wildman–Crippen MR) is 102 cm³/mol. The van der Waals surface area contributed by atoms with Crippen LogP contribution in [0.2, 0.25) is 5.02 Å². The molecule has 1 heterocycles. The molecule has 0 unspecified atom stereocenters. The quantitative estimate of drug-likeness (QED) is 0.802. The normalized spacial score (nSPS) is 14.9. The molecular formula is C20H24ClN3O. The van der Waals surface area contributed by atoms with E-state index in [0.717, 1.165) is 36.5 Å². The zero-order chi connectivity index (χ0) is 17.5. The van der Waals surface area contributed by atoms with Crippen LogP contribution in [0.4, 0.5) is 5.69 Å². The van der Waals surface area contributed by atoms with Crippen LogP contribution in [-0.4, -0.2) is 23.5 Å². The molecule has 1 aliphatic carbocycles. The number of aromatic nitrogens is 1. The van der Waals surface area contributed by atoms with E-state index in [-0.39, 0.29) is 5.91 Å². The van der Waals surface area contributed by atoms with Gasteiger partial charge in [-0.15, -0.1) is 0 Å². The van der Waals surface area contributed by atoms with Crippen molar-refractivity contribution in [3.63, 3.8) is 0 Å². The van der Waals surface area contributed by atoms with Crippen molar-refractivity contribution in [1.29, 1.82) is 0 Å². The van der Waals surface area contributed by atoms with Crippen LogP contribution in [0.3, 0.4) is 0 Å². The number of pyridine rings is 1. The number of nitrogens with zero attached hydrogens (tertiary/aromatic N) is 1. The van der Waals surface area contributed by atoms with Crippen molar-refractivity contribution >= 4 is 23.2 Å². The van der Waals surface area contributed by atoms with E-state index in [9.17, 15) is 4.79 Å². The first kappa shape index (κ1) is 17.7. The van der Waals surface area contributed by atoms with Crippen LogP contribution in [0, 0.1) is 0 Å². The summed E-state index contributed by atoms with van der Waals surface area (Å²) in [5.74, 6) is -0.0783. The third-order valence-corrected chi connectivity index (χ3v) is 4.80. The molecule has 0 radical (unpaired) electrons. The standard InChI is InChI=1S/C20H24ClN3O/c21-16-6-4-5-15(13-16)9-11-22-18-10-12-23-19(14-18)20(25)24-17-7-2-1-3-8-17/h4-6,10,12-14,17H,1-3,7-9,11H2,(H,22,23)(H,24,25). The zero-order valence-electron chi connectivity index (χ0n) is 14.3. The lowest BCUT2D eigenvalue weighted by molar-refractivity contribution is 0.0922. The monoisotopic (exact) mass is 357 g/mol. The summed E-state index contributed by atoms with van der Waals surface area (Å²) in [4.78, 5) is 16.6. The summed E-state index contributed by atoms with van der Waals surface area (Å²) in [5, 5.41) is 7.21. The van der Waals surface area contributed by atoms with E-state index in [4.69, 9.17) is 11.6 Å². The summed E-state index contributed by atoms with van der Waals surface area (Å²) in [5.41, 5.74) is 2.56. The van der Waals surface area contributed by atoms with Gasteiger partial charge in [0, 0.05) is 29.5 Å². The van der Waals surface area contributed by atoms with Gasteiger partial charge in [0.2, 0.25) is 0 Å². The first-order valence-corrected chi connectivity index (χ1v) is 9.34. The Morgan fingerprint density at radius 2 is 2.00 bits per heavy atom. The molecule has 0 aliphatic heterocycles. The van der Waals surface area contributed by atoms with Gasteiger partial charge < -0.3 is 10.6 Å². The molecule has 2 N–H and O–H groups in total. The molecular weight excluding hydrogens is 334 g/mol. The molecule has 5 heteroatoms. The Bertz CT molecular complexity index is 714. The maximum Gasteiger partial charge on any atom is 0.270 e. The number of hydrogen-bond donors (Lipinski definition) is 2. The average molecular weight is 358 g/mol. The molecule has 25 heavy (non-hydrogen) atoms. The fourth-order valence-corrected chi connectivity index (χ4v) is 3.43. The summed E-state index contributed by atoms with van der Waals surface area (Å²) in [6.45, 7) is 0.772. The van der Waals surface area contributed by atoms with E-state index in [1.807, 2.05) is 30.3 Å². The van der Waals surface area contributed by atoms with Gasteiger partial charge in [0.25, 0.3) is 5.91 Å². The maximum absolute atomic E-state index is 12.4. The SMILES string of the molecule is O=C(NC1CCCCC1)c1cc(NCCc2cccc(Cl)c2)ccn1. The first-order valence-electron chi connectivity index (χ1n) is 8.96. The lowest BCUT2D eigenvalue weighted by atomic mass is 9.95. The van der Waals surface area contributed by atoms with Crippen molar-refractivity contribution in [2.75, 3.05) is 11.9 Å². The van der Waals surface area contributed by atoms with Gasteiger partial charge in [0.05, 0.1) is 0 Å². The minimum atomic E-state index is -0.0783. The van der Waals surface area contributed by atoms with E-state index >= 15 is 0 Å². The molecule has 0 bridgehead atoms. The Morgan fingerprint density at radius 1 is 1.16 bits per heavy atom. The zero-order valence-corrected chi connectivity index (χ0v) is 15.1. The number of halogens is 1. The first-order chi connectivity index (χ1) is 12.2. The van der Waals surface area contributed by atoms with Crippen LogP contribution in [0.15, 0.2) is 42.6 Å². The Kier molecular flexibility index (Phi) is 6.29. The Labute approximate surface area is 154 Å². The number of amides is 1. The third-order valence-electron chi connectivity index (χ3n) is 4.56. The molecule has 1 amide bonds. The molecule has 1 fully saturated rings. The summed E-state index contributed by atoms with van der Waals surface area (Å²) in [6, 6.07) is 11.9. The van der Waals surface area contributed by atoms with Crippen LogP contribution >= 0.6 is 11.6 Å². The summed E-state index contributed by atoms with van der Waals surface area (Å²) in [6.07, 6.45) is 8.36. The summed E-state index contributed by atoms with van der Waals surface area (Å²) in [7, 11) is 0. The fraction of sp³-hybridized carbons (Fsp3) is 0.400. The lowest BCUT2D eigenvalue weighted by Gasteiger charge is -2.22. The van der Waals surface area contributed by atoms with Gasteiger partial charge in [-0.3, -0.25) is 9.78 Å². The van der Waals surface area contributed by atoms with Crippen molar-refractivity contribution < 1.29 is 4.79 Å². The van der Waals surface area contributed by atoms with E-state index < -0.39 is 0 Å². The summed E-state index contributed by atoms with van der Waals surface area (Å²) >= 11 is 6.00. The van der Waals surface area contributed by atoms with Crippen molar-refractivity contribution in [3.8, 4) is 0 Å². The highest BCUT2D eigenvalue weighted by Crippen LogP contribution is 2.18. The van der Waals surface area contributed by atoms with E-state index in [0.29, 0.717) is 11.7 Å². The highest BCUT2D eigenvalue weighted by atomic mass is 35.5. The molecule has 0 atom stereocenters.